The maximum atomic E-state index is 13.2. The van der Waals surface area contributed by atoms with Crippen LogP contribution in [0.2, 0.25) is 0 Å². The van der Waals surface area contributed by atoms with Crippen LogP contribution in [0, 0.1) is 0 Å². The van der Waals surface area contributed by atoms with Crippen LogP contribution in [0.3, 0.4) is 0 Å². The van der Waals surface area contributed by atoms with Crippen molar-refractivity contribution in [1.82, 2.24) is 19.9 Å². The fourth-order valence-corrected chi connectivity index (χ4v) is 4.15. The Labute approximate surface area is 203 Å². The highest BCUT2D eigenvalue weighted by Gasteiger charge is 2.31. The molecule has 0 saturated carbocycles. The van der Waals surface area contributed by atoms with Crippen molar-refractivity contribution in [2.45, 2.75) is 32.6 Å². The third kappa shape index (κ3) is 5.67. The molecule has 0 atom stereocenters. The van der Waals surface area contributed by atoms with E-state index in [0.29, 0.717) is 28.9 Å². The number of rotatable bonds is 6. The number of nitrogens with one attached hydrogen (secondary N) is 1. The van der Waals surface area contributed by atoms with E-state index in [2.05, 4.69) is 43.9 Å². The maximum Gasteiger partial charge on any atom is 0.416 e. The number of alkyl halides is 3. The zero-order valence-electron chi connectivity index (χ0n) is 20.4. The first-order chi connectivity index (χ1) is 16.5. The van der Waals surface area contributed by atoms with Gasteiger partial charge in [0.2, 0.25) is 5.95 Å². The summed E-state index contributed by atoms with van der Waals surface area (Å²) in [6.45, 7) is 8.14. The summed E-state index contributed by atoms with van der Waals surface area (Å²) >= 11 is 0. The highest BCUT2D eigenvalue weighted by molar-refractivity contribution is 5.91. The van der Waals surface area contributed by atoms with Crippen molar-refractivity contribution in [3.63, 3.8) is 0 Å². The summed E-state index contributed by atoms with van der Waals surface area (Å²) in [6.07, 6.45) is -2.74. The van der Waals surface area contributed by atoms with Crippen LogP contribution < -0.4 is 20.9 Å². The number of nitrogen functional groups attached to an aromatic ring is 1. The molecule has 0 radical (unpaired) electrons. The van der Waals surface area contributed by atoms with Crippen molar-refractivity contribution in [2.24, 2.45) is 0 Å². The normalized spacial score (nSPS) is 15.1. The lowest BCUT2D eigenvalue weighted by molar-refractivity contribution is -0.137. The summed E-state index contributed by atoms with van der Waals surface area (Å²) in [6, 6.07) is 6.01. The molecule has 0 bridgehead atoms. The molecule has 8 nitrogen and oxygen atoms in total. The smallest absolute Gasteiger partial charge is 0.399 e. The van der Waals surface area contributed by atoms with Crippen LogP contribution in [0.5, 0.6) is 0 Å². The Kier molecular flexibility index (Phi) is 6.88. The molecule has 35 heavy (non-hydrogen) atoms. The molecule has 1 aliphatic heterocycles. The maximum absolute atomic E-state index is 13.2. The van der Waals surface area contributed by atoms with Crippen molar-refractivity contribution in [3.8, 4) is 0 Å². The number of anilines is 4. The SMILES string of the molecule is CC(C)N1CCN(c2cc3c(NCc4cc(N)cc(C(F)(F)F)c4)nc(N(C)C)nc3cn2)CC1. The predicted octanol–water partition coefficient (Wildman–Crippen LogP) is 3.83. The number of piperazine rings is 1. The second-order valence-electron chi connectivity index (χ2n) is 9.26. The minimum absolute atomic E-state index is 0.0603. The van der Waals surface area contributed by atoms with Gasteiger partial charge in [-0.2, -0.15) is 18.2 Å². The number of benzene rings is 1. The summed E-state index contributed by atoms with van der Waals surface area (Å²) in [5.74, 6) is 1.83. The second kappa shape index (κ2) is 9.73. The van der Waals surface area contributed by atoms with Gasteiger partial charge in [-0.3, -0.25) is 4.90 Å². The number of nitrogens with zero attached hydrogens (tertiary/aromatic N) is 6. The molecule has 1 saturated heterocycles. The molecule has 4 rings (SSSR count). The first-order valence-corrected chi connectivity index (χ1v) is 11.6. The van der Waals surface area contributed by atoms with E-state index in [0.717, 1.165) is 49.5 Å². The highest BCUT2D eigenvalue weighted by atomic mass is 19.4. The Morgan fingerprint density at radius 3 is 2.40 bits per heavy atom. The summed E-state index contributed by atoms with van der Waals surface area (Å²) in [7, 11) is 3.66. The third-order valence-electron chi connectivity index (χ3n) is 6.13. The van der Waals surface area contributed by atoms with Crippen molar-refractivity contribution < 1.29 is 13.2 Å². The van der Waals surface area contributed by atoms with Gasteiger partial charge >= 0.3 is 6.18 Å². The average Bonchev–Trinajstić information content (AvgIpc) is 2.81. The Morgan fingerprint density at radius 2 is 1.77 bits per heavy atom. The van der Waals surface area contributed by atoms with E-state index < -0.39 is 11.7 Å². The molecule has 3 heterocycles. The van der Waals surface area contributed by atoms with E-state index in [9.17, 15) is 13.2 Å². The number of hydrogen-bond acceptors (Lipinski definition) is 8. The average molecular weight is 489 g/mol. The zero-order valence-corrected chi connectivity index (χ0v) is 20.4. The van der Waals surface area contributed by atoms with Crippen LogP contribution >= 0.6 is 0 Å². The van der Waals surface area contributed by atoms with Crippen LogP contribution in [0.4, 0.5) is 36.4 Å². The number of aromatic nitrogens is 3. The second-order valence-corrected chi connectivity index (χ2v) is 9.26. The fraction of sp³-hybridized carbons (Fsp3) is 0.458. The Hall–Kier alpha value is -3.34. The number of pyridine rings is 1. The quantitative estimate of drug-likeness (QED) is 0.507. The molecule has 1 aromatic carbocycles. The monoisotopic (exact) mass is 488 g/mol. The zero-order chi connectivity index (χ0) is 25.3. The Morgan fingerprint density at radius 1 is 1.06 bits per heavy atom. The van der Waals surface area contributed by atoms with Crippen molar-refractivity contribution in [3.05, 3.63) is 41.6 Å². The van der Waals surface area contributed by atoms with E-state index in [1.165, 1.54) is 6.07 Å². The van der Waals surface area contributed by atoms with Gasteiger partial charge in [0.1, 0.15) is 11.6 Å². The van der Waals surface area contributed by atoms with Crippen LogP contribution in [0.1, 0.15) is 25.0 Å². The van der Waals surface area contributed by atoms with E-state index in [4.69, 9.17) is 5.73 Å². The molecule has 188 valence electrons. The predicted molar refractivity (Wildman–Crippen MR) is 134 cm³/mol. The molecule has 1 aliphatic rings. The van der Waals surface area contributed by atoms with E-state index >= 15 is 0 Å². The standard InChI is InChI=1S/C24H31F3N8/c1-15(2)34-5-7-35(8-6-34)21-12-19-20(14-29-21)31-23(33(3)4)32-22(19)30-13-16-9-17(24(25,26)27)11-18(28)10-16/h9-12,14-15H,5-8,13,28H2,1-4H3,(H,30,31,32). The van der Waals surface area contributed by atoms with Gasteiger partial charge in [0.25, 0.3) is 0 Å². The fourth-order valence-electron chi connectivity index (χ4n) is 4.15. The lowest BCUT2D eigenvalue weighted by Gasteiger charge is -2.37. The summed E-state index contributed by atoms with van der Waals surface area (Å²) in [4.78, 5) is 20.3. The minimum atomic E-state index is -4.47. The van der Waals surface area contributed by atoms with Crippen LogP contribution in [0.15, 0.2) is 30.5 Å². The van der Waals surface area contributed by atoms with Gasteiger partial charge in [-0.15, -0.1) is 0 Å². The van der Waals surface area contributed by atoms with Gasteiger partial charge in [0, 0.05) is 63.9 Å². The van der Waals surface area contributed by atoms with Crippen LogP contribution in [0.25, 0.3) is 10.9 Å². The molecule has 0 aliphatic carbocycles. The first kappa shape index (κ1) is 24.8. The van der Waals surface area contributed by atoms with E-state index in [1.54, 1.807) is 11.1 Å². The number of hydrogen-bond donors (Lipinski definition) is 2. The van der Waals surface area contributed by atoms with Gasteiger partial charge in [-0.25, -0.2) is 9.97 Å². The molecule has 0 unspecified atom stereocenters. The summed E-state index contributed by atoms with van der Waals surface area (Å²) in [5, 5.41) is 3.96. The lowest BCUT2D eigenvalue weighted by Crippen LogP contribution is -2.49. The van der Waals surface area contributed by atoms with Crippen molar-refractivity contribution >= 4 is 34.2 Å². The van der Waals surface area contributed by atoms with Crippen LogP contribution in [-0.2, 0) is 12.7 Å². The molecular weight excluding hydrogens is 457 g/mol. The molecular formula is C24H31F3N8. The van der Waals surface area contributed by atoms with Gasteiger partial charge in [0.05, 0.1) is 17.3 Å². The molecule has 1 fully saturated rings. The molecule has 3 aromatic rings. The third-order valence-corrected chi connectivity index (χ3v) is 6.13. The molecule has 2 aromatic heterocycles. The summed E-state index contributed by atoms with van der Waals surface area (Å²) in [5.41, 5.74) is 6.08. The molecule has 0 amide bonds. The van der Waals surface area contributed by atoms with Crippen molar-refractivity contribution in [2.75, 3.05) is 61.1 Å². The van der Waals surface area contributed by atoms with Gasteiger partial charge < -0.3 is 20.9 Å². The number of fused-ring (bicyclic) bond motifs is 1. The van der Waals surface area contributed by atoms with Crippen molar-refractivity contribution in [1.29, 1.82) is 0 Å². The first-order valence-electron chi connectivity index (χ1n) is 11.6. The largest absolute Gasteiger partial charge is 0.416 e. The minimum Gasteiger partial charge on any atom is -0.399 e. The Bertz CT molecular complexity index is 1190. The molecule has 0 spiro atoms. The van der Waals surface area contributed by atoms with Gasteiger partial charge in [-0.1, -0.05) is 0 Å². The molecule has 11 heteroatoms. The topological polar surface area (TPSA) is 86.4 Å². The van der Waals surface area contributed by atoms with E-state index in [1.807, 2.05) is 20.2 Å². The highest BCUT2D eigenvalue weighted by Crippen LogP contribution is 2.32. The lowest BCUT2D eigenvalue weighted by atomic mass is 10.1. The number of nitrogens with two attached hydrogens (primary N) is 1. The van der Waals surface area contributed by atoms with E-state index in [-0.39, 0.29) is 12.2 Å². The van der Waals surface area contributed by atoms with Crippen LogP contribution in [-0.4, -0.2) is 66.2 Å². The van der Waals surface area contributed by atoms with Gasteiger partial charge in [-0.05, 0) is 43.7 Å². The Balaban J connectivity index is 1.64. The molecule has 3 N–H and O–H groups in total. The summed E-state index contributed by atoms with van der Waals surface area (Å²) < 4.78 is 39.7. The number of halogens is 3. The van der Waals surface area contributed by atoms with Gasteiger partial charge in [0.15, 0.2) is 0 Å².